The van der Waals surface area contributed by atoms with Gasteiger partial charge in [-0.25, -0.2) is 9.18 Å². The van der Waals surface area contributed by atoms with Gasteiger partial charge in [0, 0.05) is 18.7 Å². The highest BCUT2D eigenvalue weighted by Gasteiger charge is 2.22. The highest BCUT2D eigenvalue weighted by atomic mass is 19.1. The average molecular weight is 486 g/mol. The lowest BCUT2D eigenvalue weighted by molar-refractivity contribution is -0.115. The van der Waals surface area contributed by atoms with E-state index >= 15 is 0 Å². The number of rotatable bonds is 8. The van der Waals surface area contributed by atoms with Gasteiger partial charge in [-0.1, -0.05) is 36.4 Å². The Bertz CT molecular complexity index is 1360. The lowest BCUT2D eigenvalue weighted by Gasteiger charge is -2.23. The molecule has 1 amide bonds. The minimum Gasteiger partial charge on any atom is -0.489 e. The maximum atomic E-state index is 14.0. The van der Waals surface area contributed by atoms with Gasteiger partial charge in [-0.3, -0.25) is 9.69 Å². The van der Waals surface area contributed by atoms with Crippen LogP contribution in [0, 0.1) is 5.82 Å². The van der Waals surface area contributed by atoms with Gasteiger partial charge in [0.15, 0.2) is 0 Å². The molecule has 0 atom stereocenters. The minimum atomic E-state index is -0.675. The largest absolute Gasteiger partial charge is 0.489 e. The second kappa shape index (κ2) is 11.2. The number of anilines is 2. The molecular formula is C29H24FNO5. The fourth-order valence-electron chi connectivity index (χ4n) is 3.63. The molecule has 4 aromatic carbocycles. The maximum absolute atomic E-state index is 14.0. The smallest absolute Gasteiger partial charge is 0.339 e. The zero-order chi connectivity index (χ0) is 25.5. The molecule has 0 heterocycles. The van der Waals surface area contributed by atoms with Gasteiger partial charge in [-0.2, -0.15) is 0 Å². The van der Waals surface area contributed by atoms with Crippen LogP contribution in [-0.2, 0) is 16.1 Å². The number of carbonyl (C=O) groups is 2. The van der Waals surface area contributed by atoms with Gasteiger partial charge in [-0.05, 0) is 60.2 Å². The van der Waals surface area contributed by atoms with E-state index in [4.69, 9.17) is 14.2 Å². The Morgan fingerprint density at radius 1 is 0.806 bits per heavy atom. The molecule has 0 spiro atoms. The molecule has 0 N–H and O–H groups in total. The Morgan fingerprint density at radius 2 is 1.53 bits per heavy atom. The standard InChI is InChI=1S/C29H24FNO5/c1-20(32)31(28-17-22(30)11-16-27(28)29(33)34-2)23-12-14-24(15-13-23)36-26-10-6-9-25(18-26)35-19-21-7-4-3-5-8-21/h3-18H,19H2,1-2H3. The number of carbonyl (C=O) groups excluding carboxylic acids is 2. The van der Waals surface area contributed by atoms with E-state index in [1.165, 1.54) is 25.0 Å². The summed E-state index contributed by atoms with van der Waals surface area (Å²) in [6.07, 6.45) is 0. The van der Waals surface area contributed by atoms with E-state index in [9.17, 15) is 14.0 Å². The number of amides is 1. The van der Waals surface area contributed by atoms with Gasteiger partial charge in [0.2, 0.25) is 5.91 Å². The highest BCUT2D eigenvalue weighted by Crippen LogP contribution is 2.33. The molecule has 0 fully saturated rings. The van der Waals surface area contributed by atoms with Crippen molar-refractivity contribution in [2.45, 2.75) is 13.5 Å². The molecule has 4 rings (SSSR count). The predicted molar refractivity (Wildman–Crippen MR) is 134 cm³/mol. The molecule has 0 bridgehead atoms. The summed E-state index contributed by atoms with van der Waals surface area (Å²) in [5.74, 6) is 0.105. The SMILES string of the molecule is COC(=O)c1ccc(F)cc1N(C(C)=O)c1ccc(Oc2cccc(OCc3ccccc3)c2)cc1. The Hall–Kier alpha value is -4.65. The fourth-order valence-corrected chi connectivity index (χ4v) is 3.63. The predicted octanol–water partition coefficient (Wildman–Crippen LogP) is 6.67. The number of esters is 1. The summed E-state index contributed by atoms with van der Waals surface area (Å²) in [4.78, 5) is 26.0. The Balaban J connectivity index is 1.52. The van der Waals surface area contributed by atoms with Crippen molar-refractivity contribution in [2.24, 2.45) is 0 Å². The van der Waals surface area contributed by atoms with Crippen molar-refractivity contribution in [3.05, 3.63) is 114 Å². The van der Waals surface area contributed by atoms with Crippen molar-refractivity contribution in [2.75, 3.05) is 12.0 Å². The summed E-state index contributed by atoms with van der Waals surface area (Å²) in [6.45, 7) is 1.77. The van der Waals surface area contributed by atoms with Crippen molar-refractivity contribution in [3.63, 3.8) is 0 Å². The second-order valence-corrected chi connectivity index (χ2v) is 7.85. The fraction of sp³-hybridized carbons (Fsp3) is 0.103. The van der Waals surface area contributed by atoms with Crippen LogP contribution in [0.5, 0.6) is 17.2 Å². The number of hydrogen-bond acceptors (Lipinski definition) is 5. The average Bonchev–Trinajstić information content (AvgIpc) is 2.89. The first-order valence-corrected chi connectivity index (χ1v) is 11.2. The van der Waals surface area contributed by atoms with Crippen LogP contribution in [0.1, 0.15) is 22.8 Å². The summed E-state index contributed by atoms with van der Waals surface area (Å²) >= 11 is 0. The van der Waals surface area contributed by atoms with Crippen LogP contribution in [0.25, 0.3) is 0 Å². The number of halogens is 1. The van der Waals surface area contributed by atoms with Crippen molar-refractivity contribution >= 4 is 23.3 Å². The Morgan fingerprint density at radius 3 is 2.22 bits per heavy atom. The van der Waals surface area contributed by atoms with Crippen LogP contribution >= 0.6 is 0 Å². The van der Waals surface area contributed by atoms with Crippen LogP contribution in [-0.4, -0.2) is 19.0 Å². The zero-order valence-electron chi connectivity index (χ0n) is 19.8. The molecular weight excluding hydrogens is 461 g/mol. The van der Waals surface area contributed by atoms with Gasteiger partial charge in [0.1, 0.15) is 29.7 Å². The van der Waals surface area contributed by atoms with Crippen LogP contribution in [0.2, 0.25) is 0 Å². The summed E-state index contributed by atoms with van der Waals surface area (Å²) in [7, 11) is 1.22. The number of ether oxygens (including phenoxy) is 3. The quantitative estimate of drug-likeness (QED) is 0.261. The Kier molecular flexibility index (Phi) is 7.60. The maximum Gasteiger partial charge on any atom is 0.339 e. The van der Waals surface area contributed by atoms with Gasteiger partial charge < -0.3 is 14.2 Å². The van der Waals surface area contributed by atoms with E-state index in [1.54, 1.807) is 36.4 Å². The lowest BCUT2D eigenvalue weighted by atomic mass is 10.1. The van der Waals surface area contributed by atoms with E-state index in [-0.39, 0.29) is 11.3 Å². The molecule has 0 saturated carbocycles. The molecule has 7 heteroatoms. The highest BCUT2D eigenvalue weighted by molar-refractivity contribution is 6.06. The van der Waals surface area contributed by atoms with Crippen molar-refractivity contribution in [1.29, 1.82) is 0 Å². The molecule has 0 aliphatic heterocycles. The normalized spacial score (nSPS) is 10.4. The monoisotopic (exact) mass is 485 g/mol. The first-order valence-electron chi connectivity index (χ1n) is 11.2. The molecule has 0 aliphatic rings. The van der Waals surface area contributed by atoms with Gasteiger partial charge in [-0.15, -0.1) is 0 Å². The molecule has 0 aliphatic carbocycles. The van der Waals surface area contributed by atoms with Crippen molar-refractivity contribution < 1.29 is 28.2 Å². The van der Waals surface area contributed by atoms with E-state index in [1.807, 2.05) is 42.5 Å². The van der Waals surface area contributed by atoms with E-state index in [2.05, 4.69) is 0 Å². The molecule has 0 unspecified atom stereocenters. The molecule has 6 nitrogen and oxygen atoms in total. The number of methoxy groups -OCH3 is 1. The summed E-state index contributed by atoms with van der Waals surface area (Å²) < 4.78 is 30.6. The summed E-state index contributed by atoms with van der Waals surface area (Å²) in [5.41, 5.74) is 1.65. The summed E-state index contributed by atoms with van der Waals surface area (Å²) in [6, 6.07) is 27.3. The van der Waals surface area contributed by atoms with Crippen LogP contribution < -0.4 is 14.4 Å². The topological polar surface area (TPSA) is 65.1 Å². The van der Waals surface area contributed by atoms with Crippen LogP contribution in [0.3, 0.4) is 0 Å². The lowest BCUT2D eigenvalue weighted by Crippen LogP contribution is -2.25. The summed E-state index contributed by atoms with van der Waals surface area (Å²) in [5, 5.41) is 0. The third-order valence-electron chi connectivity index (χ3n) is 5.31. The molecule has 0 radical (unpaired) electrons. The molecule has 0 saturated heterocycles. The van der Waals surface area contributed by atoms with E-state index < -0.39 is 17.7 Å². The third-order valence-corrected chi connectivity index (χ3v) is 5.31. The second-order valence-electron chi connectivity index (χ2n) is 7.85. The van der Waals surface area contributed by atoms with Crippen LogP contribution in [0.4, 0.5) is 15.8 Å². The molecule has 182 valence electrons. The Labute approximate surface area is 208 Å². The van der Waals surface area contributed by atoms with E-state index in [0.29, 0.717) is 29.5 Å². The van der Waals surface area contributed by atoms with Crippen LogP contribution in [0.15, 0.2) is 97.1 Å². The first-order chi connectivity index (χ1) is 17.4. The number of nitrogens with zero attached hydrogens (tertiary/aromatic N) is 1. The zero-order valence-corrected chi connectivity index (χ0v) is 19.8. The van der Waals surface area contributed by atoms with Gasteiger partial charge in [0.25, 0.3) is 0 Å². The van der Waals surface area contributed by atoms with E-state index in [0.717, 1.165) is 17.7 Å². The van der Waals surface area contributed by atoms with Crippen molar-refractivity contribution in [3.8, 4) is 17.2 Å². The number of hydrogen-bond donors (Lipinski definition) is 0. The molecule has 0 aromatic heterocycles. The van der Waals surface area contributed by atoms with Gasteiger partial charge >= 0.3 is 5.97 Å². The number of benzene rings is 4. The first kappa shape index (κ1) is 24.5. The third kappa shape index (κ3) is 5.88. The molecule has 36 heavy (non-hydrogen) atoms. The minimum absolute atomic E-state index is 0.0711. The molecule has 4 aromatic rings. The van der Waals surface area contributed by atoms with Gasteiger partial charge in [0.05, 0.1) is 18.4 Å². The van der Waals surface area contributed by atoms with Crippen molar-refractivity contribution in [1.82, 2.24) is 0 Å².